The molecule has 0 aromatic carbocycles. The lowest BCUT2D eigenvalue weighted by molar-refractivity contribution is -0.129. The van der Waals surface area contributed by atoms with Crippen molar-refractivity contribution in [1.29, 1.82) is 0 Å². The molecule has 0 radical (unpaired) electrons. The first-order valence-electron chi connectivity index (χ1n) is 6.23. The number of ether oxygens (including phenoxy) is 2. The number of carbonyl (C=O) groups is 2. The monoisotopic (exact) mass is 260 g/mol. The maximum atomic E-state index is 11.1. The summed E-state index contributed by atoms with van der Waals surface area (Å²) in [5.41, 5.74) is 0. The van der Waals surface area contributed by atoms with Crippen LogP contribution in [0.15, 0.2) is 0 Å². The summed E-state index contributed by atoms with van der Waals surface area (Å²) in [5, 5.41) is 2.63. The number of rotatable bonds is 10. The molecule has 0 aliphatic heterocycles. The second-order valence-electron chi connectivity index (χ2n) is 3.81. The van der Waals surface area contributed by atoms with Crippen molar-refractivity contribution in [3.8, 4) is 0 Å². The van der Waals surface area contributed by atoms with Crippen LogP contribution in [0.3, 0.4) is 0 Å². The van der Waals surface area contributed by atoms with Crippen molar-refractivity contribution >= 4 is 11.8 Å². The molecular formula is C12H24N2O4. The molecule has 0 aromatic rings. The van der Waals surface area contributed by atoms with Gasteiger partial charge in [-0.2, -0.15) is 0 Å². The average molecular weight is 260 g/mol. The van der Waals surface area contributed by atoms with Crippen molar-refractivity contribution in [3.63, 3.8) is 0 Å². The highest BCUT2D eigenvalue weighted by Gasteiger charge is 2.04. The zero-order chi connectivity index (χ0) is 13.8. The highest BCUT2D eigenvalue weighted by molar-refractivity contribution is 5.73. The third-order valence-corrected chi connectivity index (χ3v) is 2.32. The maximum absolute atomic E-state index is 11.1. The number of hydrogen-bond acceptors (Lipinski definition) is 4. The molecule has 0 spiro atoms. The fourth-order valence-corrected chi connectivity index (χ4v) is 1.33. The van der Waals surface area contributed by atoms with Gasteiger partial charge in [-0.15, -0.1) is 0 Å². The zero-order valence-electron chi connectivity index (χ0n) is 11.5. The summed E-state index contributed by atoms with van der Waals surface area (Å²) in [5.74, 6) is 0.00592. The SMILES string of the molecule is CCN(CCOCCOCCNC(C)=O)C(C)=O. The van der Waals surface area contributed by atoms with E-state index < -0.39 is 0 Å². The highest BCUT2D eigenvalue weighted by Crippen LogP contribution is 1.89. The van der Waals surface area contributed by atoms with Gasteiger partial charge in [0.05, 0.1) is 26.4 Å². The molecule has 0 heterocycles. The second-order valence-corrected chi connectivity index (χ2v) is 3.81. The van der Waals surface area contributed by atoms with Gasteiger partial charge in [-0.05, 0) is 6.92 Å². The third kappa shape index (κ3) is 10.0. The van der Waals surface area contributed by atoms with Gasteiger partial charge < -0.3 is 19.7 Å². The Hall–Kier alpha value is -1.14. The Morgan fingerprint density at radius 1 is 1.06 bits per heavy atom. The Bertz CT molecular complexity index is 246. The molecular weight excluding hydrogens is 236 g/mol. The number of likely N-dealkylation sites (N-methyl/N-ethyl adjacent to an activating group) is 1. The van der Waals surface area contributed by atoms with Crippen LogP contribution in [0.25, 0.3) is 0 Å². The number of amides is 2. The van der Waals surface area contributed by atoms with E-state index in [-0.39, 0.29) is 11.8 Å². The molecule has 6 nitrogen and oxygen atoms in total. The van der Waals surface area contributed by atoms with Crippen molar-refractivity contribution in [3.05, 3.63) is 0 Å². The molecule has 0 aliphatic carbocycles. The van der Waals surface area contributed by atoms with Crippen LogP contribution in [0.4, 0.5) is 0 Å². The lowest BCUT2D eigenvalue weighted by Gasteiger charge is -2.18. The molecule has 0 atom stereocenters. The Morgan fingerprint density at radius 2 is 1.67 bits per heavy atom. The molecule has 0 saturated heterocycles. The van der Waals surface area contributed by atoms with E-state index in [4.69, 9.17) is 9.47 Å². The molecule has 0 rings (SSSR count). The molecule has 1 N–H and O–H groups in total. The van der Waals surface area contributed by atoms with Gasteiger partial charge in [-0.25, -0.2) is 0 Å². The first kappa shape index (κ1) is 16.9. The highest BCUT2D eigenvalue weighted by atomic mass is 16.5. The van der Waals surface area contributed by atoms with Gasteiger partial charge in [0.15, 0.2) is 0 Å². The van der Waals surface area contributed by atoms with E-state index in [1.165, 1.54) is 6.92 Å². The predicted molar refractivity (Wildman–Crippen MR) is 68.2 cm³/mol. The molecule has 2 amide bonds. The standard InChI is InChI=1S/C12H24N2O4/c1-4-14(12(3)16)6-8-18-10-9-17-7-5-13-11(2)15/h4-10H2,1-3H3,(H,13,15). The van der Waals surface area contributed by atoms with Gasteiger partial charge in [0.1, 0.15) is 0 Å². The van der Waals surface area contributed by atoms with E-state index in [0.29, 0.717) is 46.1 Å². The van der Waals surface area contributed by atoms with Gasteiger partial charge >= 0.3 is 0 Å². The Balaban J connectivity index is 3.25. The van der Waals surface area contributed by atoms with E-state index in [1.807, 2.05) is 6.92 Å². The minimum Gasteiger partial charge on any atom is -0.377 e. The first-order valence-corrected chi connectivity index (χ1v) is 6.23. The third-order valence-electron chi connectivity index (χ3n) is 2.32. The van der Waals surface area contributed by atoms with Crippen molar-refractivity contribution in [2.45, 2.75) is 20.8 Å². The van der Waals surface area contributed by atoms with Crippen LogP contribution < -0.4 is 5.32 Å². The van der Waals surface area contributed by atoms with Crippen molar-refractivity contribution in [2.24, 2.45) is 0 Å². The van der Waals surface area contributed by atoms with E-state index in [1.54, 1.807) is 11.8 Å². The number of nitrogens with zero attached hydrogens (tertiary/aromatic N) is 1. The summed E-state index contributed by atoms with van der Waals surface area (Å²) in [4.78, 5) is 23.3. The Morgan fingerprint density at radius 3 is 2.17 bits per heavy atom. The largest absolute Gasteiger partial charge is 0.377 e. The molecule has 0 aliphatic rings. The lowest BCUT2D eigenvalue weighted by atomic mass is 10.5. The summed E-state index contributed by atoms with van der Waals surface area (Å²) < 4.78 is 10.6. The minimum atomic E-state index is -0.0567. The van der Waals surface area contributed by atoms with E-state index in [9.17, 15) is 9.59 Å². The van der Waals surface area contributed by atoms with Crippen LogP contribution in [0.1, 0.15) is 20.8 Å². The molecule has 0 saturated carbocycles. The summed E-state index contributed by atoms with van der Waals surface area (Å²) in [6.45, 7) is 8.77. The number of carbonyl (C=O) groups excluding carboxylic acids is 2. The van der Waals surface area contributed by atoms with Crippen LogP contribution in [0.2, 0.25) is 0 Å². The second kappa shape index (κ2) is 11.0. The fraction of sp³-hybridized carbons (Fsp3) is 0.833. The van der Waals surface area contributed by atoms with Crippen molar-refractivity contribution in [2.75, 3.05) is 46.1 Å². The van der Waals surface area contributed by atoms with Gasteiger partial charge in [0.25, 0.3) is 0 Å². The van der Waals surface area contributed by atoms with Gasteiger partial charge in [0.2, 0.25) is 11.8 Å². The predicted octanol–water partition coefficient (Wildman–Crippen LogP) is 0.0241. The van der Waals surface area contributed by atoms with Crippen molar-refractivity contribution in [1.82, 2.24) is 10.2 Å². The van der Waals surface area contributed by atoms with Gasteiger partial charge in [-0.3, -0.25) is 9.59 Å². The summed E-state index contributed by atoms with van der Waals surface area (Å²) in [6, 6.07) is 0. The zero-order valence-corrected chi connectivity index (χ0v) is 11.5. The molecule has 0 fully saturated rings. The van der Waals surface area contributed by atoms with Crippen LogP contribution >= 0.6 is 0 Å². The molecule has 0 unspecified atom stereocenters. The topological polar surface area (TPSA) is 67.9 Å². The summed E-state index contributed by atoms with van der Waals surface area (Å²) in [6.07, 6.45) is 0. The first-order chi connectivity index (χ1) is 8.57. The molecule has 6 heteroatoms. The van der Waals surface area contributed by atoms with Crippen LogP contribution in [0, 0.1) is 0 Å². The number of nitrogens with one attached hydrogen (secondary N) is 1. The summed E-state index contributed by atoms with van der Waals surface area (Å²) in [7, 11) is 0. The smallest absolute Gasteiger partial charge is 0.219 e. The Labute approximate surface area is 109 Å². The molecule has 18 heavy (non-hydrogen) atoms. The maximum Gasteiger partial charge on any atom is 0.219 e. The van der Waals surface area contributed by atoms with Crippen LogP contribution in [0.5, 0.6) is 0 Å². The van der Waals surface area contributed by atoms with E-state index in [0.717, 1.165) is 0 Å². The normalized spacial score (nSPS) is 10.2. The van der Waals surface area contributed by atoms with Crippen LogP contribution in [-0.2, 0) is 19.1 Å². The van der Waals surface area contributed by atoms with E-state index >= 15 is 0 Å². The fourth-order valence-electron chi connectivity index (χ4n) is 1.33. The molecule has 0 bridgehead atoms. The molecule has 0 aromatic heterocycles. The number of hydrogen-bond donors (Lipinski definition) is 1. The van der Waals surface area contributed by atoms with Gasteiger partial charge in [0, 0.05) is 33.5 Å². The van der Waals surface area contributed by atoms with Crippen molar-refractivity contribution < 1.29 is 19.1 Å². The van der Waals surface area contributed by atoms with E-state index in [2.05, 4.69) is 5.32 Å². The average Bonchev–Trinajstić information content (AvgIpc) is 2.31. The minimum absolute atomic E-state index is 0.0567. The summed E-state index contributed by atoms with van der Waals surface area (Å²) >= 11 is 0. The van der Waals surface area contributed by atoms with Gasteiger partial charge in [-0.1, -0.05) is 0 Å². The Kier molecular flexibility index (Phi) is 10.3. The molecule has 106 valence electrons. The quantitative estimate of drug-likeness (QED) is 0.562. The van der Waals surface area contributed by atoms with Crippen LogP contribution in [-0.4, -0.2) is 62.8 Å². The lowest BCUT2D eigenvalue weighted by Crippen LogP contribution is -2.32.